The first-order valence-electron chi connectivity index (χ1n) is 8.28. The molecule has 7 heteroatoms. The molecule has 1 atom stereocenters. The Bertz CT molecular complexity index is 719. The third-order valence-electron chi connectivity index (χ3n) is 3.89. The minimum atomic E-state index is -0.174. The second kappa shape index (κ2) is 10.2. The molecule has 138 valence electrons. The van der Waals surface area contributed by atoms with Crippen molar-refractivity contribution in [2.24, 2.45) is 0 Å². The van der Waals surface area contributed by atoms with E-state index in [0.29, 0.717) is 17.7 Å². The summed E-state index contributed by atoms with van der Waals surface area (Å²) in [5.74, 6) is 1.88. The lowest BCUT2D eigenvalue weighted by Crippen LogP contribution is -2.39. The molecule has 1 heterocycles. The first-order chi connectivity index (χ1) is 12.2. The molecule has 2 aromatic carbocycles. The van der Waals surface area contributed by atoms with Crippen LogP contribution in [0, 0.1) is 0 Å². The van der Waals surface area contributed by atoms with E-state index >= 15 is 0 Å². The molecule has 26 heavy (non-hydrogen) atoms. The molecule has 1 aliphatic rings. The third kappa shape index (κ3) is 6.05. The zero-order valence-electron chi connectivity index (χ0n) is 14.2. The van der Waals surface area contributed by atoms with Crippen LogP contribution in [0.2, 0.25) is 0 Å². The average Bonchev–Trinajstić information content (AvgIpc) is 2.64. The molecule has 0 saturated carbocycles. The van der Waals surface area contributed by atoms with Crippen molar-refractivity contribution in [1.29, 1.82) is 0 Å². The van der Waals surface area contributed by atoms with Crippen LogP contribution in [0.3, 0.4) is 0 Å². The number of rotatable bonds is 5. The van der Waals surface area contributed by atoms with E-state index in [9.17, 15) is 9.59 Å². The Morgan fingerprint density at radius 3 is 2.35 bits per heavy atom. The van der Waals surface area contributed by atoms with Crippen molar-refractivity contribution < 1.29 is 9.59 Å². The standard InChI is InChI=1S/C19H21N3O2S.ClH/c23-18(12-17-13-25-11-10-20-17)21-16-8-6-14(7-9-16)19(24)22-15-4-2-1-3-5-15;/h1-9,17,20H,10-13H2,(H,21,23)(H,22,24);1H. The summed E-state index contributed by atoms with van der Waals surface area (Å²) in [6.07, 6.45) is 0.462. The summed E-state index contributed by atoms with van der Waals surface area (Å²) in [7, 11) is 0. The predicted molar refractivity (Wildman–Crippen MR) is 110 cm³/mol. The maximum absolute atomic E-state index is 12.2. The summed E-state index contributed by atoms with van der Waals surface area (Å²) in [4.78, 5) is 24.3. The van der Waals surface area contributed by atoms with E-state index < -0.39 is 0 Å². The molecule has 0 radical (unpaired) electrons. The van der Waals surface area contributed by atoms with Crippen LogP contribution in [0.15, 0.2) is 54.6 Å². The van der Waals surface area contributed by atoms with Crippen molar-refractivity contribution in [3.05, 3.63) is 60.2 Å². The number of carbonyl (C=O) groups is 2. The van der Waals surface area contributed by atoms with Crippen molar-refractivity contribution in [2.75, 3.05) is 28.7 Å². The Morgan fingerprint density at radius 2 is 1.69 bits per heavy atom. The molecule has 1 aliphatic heterocycles. The monoisotopic (exact) mass is 391 g/mol. The molecule has 2 aromatic rings. The summed E-state index contributed by atoms with van der Waals surface area (Å²) in [5.41, 5.74) is 2.00. The van der Waals surface area contributed by atoms with E-state index in [1.54, 1.807) is 24.3 Å². The number of nitrogens with one attached hydrogen (secondary N) is 3. The molecule has 5 nitrogen and oxygen atoms in total. The maximum Gasteiger partial charge on any atom is 0.255 e. The van der Waals surface area contributed by atoms with Crippen molar-refractivity contribution in [3.8, 4) is 0 Å². The number of amides is 2. The fraction of sp³-hybridized carbons (Fsp3) is 0.263. The fourth-order valence-electron chi connectivity index (χ4n) is 2.62. The molecule has 0 bridgehead atoms. The van der Waals surface area contributed by atoms with Crippen LogP contribution in [-0.2, 0) is 4.79 Å². The Labute approximate surface area is 163 Å². The summed E-state index contributed by atoms with van der Waals surface area (Å²) in [6, 6.07) is 16.5. The normalized spacial score (nSPS) is 16.2. The summed E-state index contributed by atoms with van der Waals surface area (Å²) < 4.78 is 0. The number of benzene rings is 2. The molecular formula is C19H22ClN3O2S. The SMILES string of the molecule is Cl.O=C(CC1CSCCN1)Nc1ccc(C(=O)Nc2ccccc2)cc1. The highest BCUT2D eigenvalue weighted by Gasteiger charge is 2.16. The summed E-state index contributed by atoms with van der Waals surface area (Å²) >= 11 is 1.87. The van der Waals surface area contributed by atoms with Gasteiger partial charge < -0.3 is 16.0 Å². The molecule has 0 spiro atoms. The Morgan fingerprint density at radius 1 is 1.00 bits per heavy atom. The fourth-order valence-corrected chi connectivity index (χ4v) is 3.57. The van der Waals surface area contributed by atoms with Gasteiger partial charge in [-0.3, -0.25) is 9.59 Å². The van der Waals surface area contributed by atoms with Crippen LogP contribution >= 0.6 is 24.2 Å². The molecule has 0 aromatic heterocycles. The number of carbonyl (C=O) groups excluding carboxylic acids is 2. The second-order valence-corrected chi connectivity index (χ2v) is 7.03. The van der Waals surface area contributed by atoms with Gasteiger partial charge in [-0.25, -0.2) is 0 Å². The van der Waals surface area contributed by atoms with Crippen molar-refractivity contribution >= 4 is 47.4 Å². The number of hydrogen-bond acceptors (Lipinski definition) is 4. The smallest absolute Gasteiger partial charge is 0.255 e. The first-order valence-corrected chi connectivity index (χ1v) is 9.43. The van der Waals surface area contributed by atoms with Crippen LogP contribution in [-0.4, -0.2) is 35.9 Å². The van der Waals surface area contributed by atoms with Gasteiger partial charge in [-0.15, -0.1) is 12.4 Å². The molecule has 3 N–H and O–H groups in total. The lowest BCUT2D eigenvalue weighted by molar-refractivity contribution is -0.116. The zero-order valence-corrected chi connectivity index (χ0v) is 15.9. The Balaban J connectivity index is 0.00000243. The van der Waals surface area contributed by atoms with Crippen molar-refractivity contribution in [1.82, 2.24) is 5.32 Å². The predicted octanol–water partition coefficient (Wildman–Crippen LogP) is 3.39. The number of thioether (sulfide) groups is 1. The number of anilines is 2. The van der Waals surface area contributed by atoms with Gasteiger partial charge in [0, 0.05) is 47.5 Å². The third-order valence-corrected chi connectivity index (χ3v) is 5.02. The minimum Gasteiger partial charge on any atom is -0.326 e. The van der Waals surface area contributed by atoms with E-state index in [1.165, 1.54) is 0 Å². The van der Waals surface area contributed by atoms with Crippen LogP contribution in [0.25, 0.3) is 0 Å². The average molecular weight is 392 g/mol. The van der Waals surface area contributed by atoms with Gasteiger partial charge in [0.25, 0.3) is 5.91 Å². The highest BCUT2D eigenvalue weighted by atomic mass is 35.5. The molecule has 0 aliphatic carbocycles. The van der Waals surface area contributed by atoms with Crippen LogP contribution in [0.1, 0.15) is 16.8 Å². The van der Waals surface area contributed by atoms with E-state index in [4.69, 9.17) is 0 Å². The van der Waals surface area contributed by atoms with E-state index in [2.05, 4.69) is 16.0 Å². The van der Waals surface area contributed by atoms with E-state index in [-0.39, 0.29) is 30.3 Å². The number of hydrogen-bond donors (Lipinski definition) is 3. The van der Waals surface area contributed by atoms with Crippen molar-refractivity contribution in [2.45, 2.75) is 12.5 Å². The van der Waals surface area contributed by atoms with Gasteiger partial charge in [-0.1, -0.05) is 18.2 Å². The molecule has 2 amide bonds. The van der Waals surface area contributed by atoms with Gasteiger partial charge in [0.15, 0.2) is 0 Å². The summed E-state index contributed by atoms with van der Waals surface area (Å²) in [6.45, 7) is 0.952. The molecule has 3 rings (SSSR count). The topological polar surface area (TPSA) is 70.2 Å². The van der Waals surface area contributed by atoms with Gasteiger partial charge >= 0.3 is 0 Å². The van der Waals surface area contributed by atoms with E-state index in [0.717, 1.165) is 23.7 Å². The van der Waals surface area contributed by atoms with Gasteiger partial charge in [0.05, 0.1) is 0 Å². The highest BCUT2D eigenvalue weighted by molar-refractivity contribution is 7.99. The summed E-state index contributed by atoms with van der Waals surface area (Å²) in [5, 5.41) is 9.07. The lowest BCUT2D eigenvalue weighted by Gasteiger charge is -2.22. The minimum absolute atomic E-state index is 0. The largest absolute Gasteiger partial charge is 0.326 e. The quantitative estimate of drug-likeness (QED) is 0.730. The maximum atomic E-state index is 12.2. The number of halogens is 1. The van der Waals surface area contributed by atoms with Gasteiger partial charge in [-0.2, -0.15) is 11.8 Å². The van der Waals surface area contributed by atoms with Gasteiger partial charge in [-0.05, 0) is 36.4 Å². The van der Waals surface area contributed by atoms with E-state index in [1.807, 2.05) is 42.1 Å². The Kier molecular flexibility index (Phi) is 7.97. The van der Waals surface area contributed by atoms with Gasteiger partial charge in [0.1, 0.15) is 0 Å². The first kappa shape index (κ1) is 20.3. The van der Waals surface area contributed by atoms with Crippen LogP contribution in [0.4, 0.5) is 11.4 Å². The lowest BCUT2D eigenvalue weighted by atomic mass is 10.1. The van der Waals surface area contributed by atoms with Crippen LogP contribution in [0.5, 0.6) is 0 Å². The number of para-hydroxylation sites is 1. The Hall–Kier alpha value is -2.02. The molecule has 1 saturated heterocycles. The zero-order chi connectivity index (χ0) is 17.5. The second-order valence-electron chi connectivity index (χ2n) is 5.88. The highest BCUT2D eigenvalue weighted by Crippen LogP contribution is 2.14. The van der Waals surface area contributed by atoms with Crippen molar-refractivity contribution in [3.63, 3.8) is 0 Å². The van der Waals surface area contributed by atoms with Crippen LogP contribution < -0.4 is 16.0 Å². The molecule has 1 fully saturated rings. The molecular weight excluding hydrogens is 370 g/mol. The van der Waals surface area contributed by atoms with Gasteiger partial charge in [0.2, 0.25) is 5.91 Å². The molecule has 1 unspecified atom stereocenters.